The van der Waals surface area contributed by atoms with E-state index in [2.05, 4.69) is 10.1 Å². The molecule has 2 heterocycles. The molecule has 0 atom stereocenters. The molecule has 1 spiro atoms. The van der Waals surface area contributed by atoms with Crippen molar-refractivity contribution in [2.45, 2.75) is 31.1 Å². The van der Waals surface area contributed by atoms with E-state index in [1.54, 1.807) is 6.20 Å². The summed E-state index contributed by atoms with van der Waals surface area (Å²) < 4.78 is 1.47. The van der Waals surface area contributed by atoms with Gasteiger partial charge >= 0.3 is 0 Å². The van der Waals surface area contributed by atoms with Gasteiger partial charge in [0.05, 0.1) is 6.20 Å². The van der Waals surface area contributed by atoms with Crippen LogP contribution in [-0.2, 0) is 11.8 Å². The summed E-state index contributed by atoms with van der Waals surface area (Å²) in [5, 5.41) is 4.04. The molecule has 2 aromatic rings. The van der Waals surface area contributed by atoms with E-state index in [1.165, 1.54) is 23.1 Å². The van der Waals surface area contributed by atoms with Gasteiger partial charge in [-0.05, 0) is 25.7 Å². The van der Waals surface area contributed by atoms with Crippen molar-refractivity contribution in [2.75, 3.05) is 0 Å². The quantitative estimate of drug-likeness (QED) is 0.691. The van der Waals surface area contributed by atoms with Crippen LogP contribution in [0.3, 0.4) is 0 Å². The highest BCUT2D eigenvalue weighted by atomic mass is 16.1. The van der Waals surface area contributed by atoms with E-state index in [-0.39, 0.29) is 5.56 Å². The summed E-state index contributed by atoms with van der Waals surface area (Å²) in [7, 11) is 0. The largest absolute Gasteiger partial charge is 0.343 e. The second kappa shape index (κ2) is 2.15. The van der Waals surface area contributed by atoms with Gasteiger partial charge in [0.15, 0.2) is 0 Å². The van der Waals surface area contributed by atoms with Crippen LogP contribution < -0.4 is 5.56 Å². The highest BCUT2D eigenvalue weighted by Gasteiger charge is 2.50. The minimum atomic E-state index is 0.0764. The monoisotopic (exact) mass is 201 g/mol. The SMILES string of the molecule is O=c1c2c([nH]c3ccnn13)C1(CC2)CC1. The minimum Gasteiger partial charge on any atom is -0.343 e. The van der Waals surface area contributed by atoms with Crippen LogP contribution in [0.15, 0.2) is 17.1 Å². The first kappa shape index (κ1) is 7.68. The molecule has 0 bridgehead atoms. The van der Waals surface area contributed by atoms with Crippen LogP contribution in [0.2, 0.25) is 0 Å². The van der Waals surface area contributed by atoms with E-state index in [4.69, 9.17) is 0 Å². The Balaban J connectivity index is 2.18. The second-order valence-electron chi connectivity index (χ2n) is 4.69. The standard InChI is InChI=1S/C11H11N3O/c15-10-7-1-3-11(4-5-11)9(7)13-8-2-6-12-14(8)10/h2,6,13H,1,3-5H2. The van der Waals surface area contributed by atoms with Crippen LogP contribution in [0.25, 0.3) is 5.65 Å². The summed E-state index contributed by atoms with van der Waals surface area (Å²) in [5.41, 5.74) is 3.39. The van der Waals surface area contributed by atoms with Crippen molar-refractivity contribution in [1.29, 1.82) is 0 Å². The molecule has 1 saturated carbocycles. The molecule has 0 unspecified atom stereocenters. The Hall–Kier alpha value is -1.58. The summed E-state index contributed by atoms with van der Waals surface area (Å²) in [5.74, 6) is 0. The van der Waals surface area contributed by atoms with Crippen LogP contribution in [0, 0.1) is 0 Å². The molecule has 2 aliphatic rings. The normalized spacial score (nSPS) is 21.1. The topological polar surface area (TPSA) is 50.2 Å². The first-order valence-corrected chi connectivity index (χ1v) is 5.40. The Labute approximate surface area is 85.9 Å². The molecule has 0 aliphatic heterocycles. The summed E-state index contributed by atoms with van der Waals surface area (Å²) in [6, 6.07) is 1.86. The average Bonchev–Trinajstić information content (AvgIpc) is 2.72. The predicted octanol–water partition coefficient (Wildman–Crippen LogP) is 1.00. The third-order valence-electron chi connectivity index (χ3n) is 3.89. The first-order chi connectivity index (χ1) is 7.30. The minimum absolute atomic E-state index is 0.0764. The predicted molar refractivity (Wildman–Crippen MR) is 55.0 cm³/mol. The highest BCUT2D eigenvalue weighted by molar-refractivity contribution is 5.45. The number of H-pyrrole nitrogens is 1. The van der Waals surface area contributed by atoms with Crippen molar-refractivity contribution in [3.05, 3.63) is 33.9 Å². The van der Waals surface area contributed by atoms with Gasteiger partial charge in [0.2, 0.25) is 0 Å². The lowest BCUT2D eigenvalue weighted by Crippen LogP contribution is -2.21. The Bertz CT molecular complexity index is 618. The number of fused-ring (bicyclic) bond motifs is 3. The summed E-state index contributed by atoms with van der Waals surface area (Å²) in [6.45, 7) is 0. The fourth-order valence-electron chi connectivity index (χ4n) is 2.82. The molecule has 4 nitrogen and oxygen atoms in total. The molecule has 2 aliphatic carbocycles. The van der Waals surface area contributed by atoms with Gasteiger partial charge in [0.1, 0.15) is 5.65 Å². The maximum absolute atomic E-state index is 12.1. The van der Waals surface area contributed by atoms with Crippen molar-refractivity contribution in [2.24, 2.45) is 0 Å². The maximum atomic E-state index is 12.1. The molecule has 15 heavy (non-hydrogen) atoms. The van der Waals surface area contributed by atoms with E-state index in [0.717, 1.165) is 24.1 Å². The fourth-order valence-corrected chi connectivity index (χ4v) is 2.82. The van der Waals surface area contributed by atoms with E-state index in [9.17, 15) is 4.79 Å². The smallest absolute Gasteiger partial charge is 0.277 e. The second-order valence-corrected chi connectivity index (χ2v) is 4.69. The van der Waals surface area contributed by atoms with Crippen LogP contribution in [0.4, 0.5) is 0 Å². The molecule has 0 amide bonds. The van der Waals surface area contributed by atoms with Gasteiger partial charge in [-0.2, -0.15) is 9.61 Å². The molecule has 76 valence electrons. The Morgan fingerprint density at radius 1 is 1.40 bits per heavy atom. The Morgan fingerprint density at radius 2 is 2.27 bits per heavy atom. The number of hydrogen-bond donors (Lipinski definition) is 1. The maximum Gasteiger partial charge on any atom is 0.277 e. The summed E-state index contributed by atoms with van der Waals surface area (Å²) in [6.07, 6.45) is 6.20. The zero-order chi connectivity index (χ0) is 10.0. The lowest BCUT2D eigenvalue weighted by molar-refractivity contribution is 0.665. The third-order valence-corrected chi connectivity index (χ3v) is 3.89. The van der Waals surface area contributed by atoms with Crippen LogP contribution in [0.1, 0.15) is 30.5 Å². The molecule has 1 N–H and O–H groups in total. The molecule has 2 aromatic heterocycles. The molecule has 4 heteroatoms. The first-order valence-electron chi connectivity index (χ1n) is 5.40. The molecule has 4 rings (SSSR count). The molecule has 0 radical (unpaired) electrons. The van der Waals surface area contributed by atoms with E-state index in [1.807, 2.05) is 6.07 Å². The third kappa shape index (κ3) is 0.786. The van der Waals surface area contributed by atoms with Gasteiger partial charge in [-0.3, -0.25) is 4.79 Å². The van der Waals surface area contributed by atoms with Gasteiger partial charge in [0.25, 0.3) is 5.56 Å². The van der Waals surface area contributed by atoms with Crippen molar-refractivity contribution < 1.29 is 0 Å². The molecule has 0 aromatic carbocycles. The van der Waals surface area contributed by atoms with Crippen LogP contribution in [0.5, 0.6) is 0 Å². The zero-order valence-corrected chi connectivity index (χ0v) is 8.29. The molecular weight excluding hydrogens is 190 g/mol. The summed E-state index contributed by atoms with van der Waals surface area (Å²) in [4.78, 5) is 15.5. The zero-order valence-electron chi connectivity index (χ0n) is 8.29. The van der Waals surface area contributed by atoms with E-state index < -0.39 is 0 Å². The number of aromatic amines is 1. The van der Waals surface area contributed by atoms with Gasteiger partial charge in [-0.1, -0.05) is 0 Å². The fraction of sp³-hybridized carbons (Fsp3) is 0.455. The van der Waals surface area contributed by atoms with Crippen molar-refractivity contribution in [3.8, 4) is 0 Å². The number of hydrogen-bond acceptors (Lipinski definition) is 2. The number of rotatable bonds is 0. The van der Waals surface area contributed by atoms with Gasteiger partial charge in [-0.25, -0.2) is 0 Å². The van der Waals surface area contributed by atoms with E-state index >= 15 is 0 Å². The van der Waals surface area contributed by atoms with Crippen molar-refractivity contribution in [1.82, 2.24) is 14.6 Å². The average molecular weight is 201 g/mol. The van der Waals surface area contributed by atoms with Crippen molar-refractivity contribution in [3.63, 3.8) is 0 Å². The number of nitrogens with zero attached hydrogens (tertiary/aromatic N) is 2. The van der Waals surface area contributed by atoms with Gasteiger partial charge < -0.3 is 4.98 Å². The van der Waals surface area contributed by atoms with Gasteiger partial charge in [0, 0.05) is 22.7 Å². The van der Waals surface area contributed by atoms with Crippen molar-refractivity contribution >= 4 is 5.65 Å². The van der Waals surface area contributed by atoms with Gasteiger partial charge in [-0.15, -0.1) is 0 Å². The molecule has 1 fully saturated rings. The van der Waals surface area contributed by atoms with Crippen LogP contribution >= 0.6 is 0 Å². The number of nitrogens with one attached hydrogen (secondary N) is 1. The Morgan fingerprint density at radius 3 is 3.07 bits per heavy atom. The Kier molecular flexibility index (Phi) is 1.10. The lowest BCUT2D eigenvalue weighted by Gasteiger charge is -2.07. The summed E-state index contributed by atoms with van der Waals surface area (Å²) >= 11 is 0. The highest BCUT2D eigenvalue weighted by Crippen LogP contribution is 2.55. The molecule has 0 saturated heterocycles. The van der Waals surface area contributed by atoms with E-state index in [0.29, 0.717) is 5.41 Å². The molecular formula is C11H11N3O. The lowest BCUT2D eigenvalue weighted by atomic mass is 10.1. The number of aromatic nitrogens is 3. The van der Waals surface area contributed by atoms with Crippen LogP contribution in [-0.4, -0.2) is 14.6 Å².